The van der Waals surface area contributed by atoms with Crippen LogP contribution in [0.15, 0.2) is 65.6 Å². The molecular formula is C21H21NO5S. The topological polar surface area (TPSA) is 92.7 Å². The van der Waals surface area contributed by atoms with Gasteiger partial charge in [0.2, 0.25) is 0 Å². The number of carboxylic acids is 1. The molecule has 0 aliphatic carbocycles. The van der Waals surface area contributed by atoms with Gasteiger partial charge in [-0.1, -0.05) is 36.4 Å². The number of sulfonamides is 1. The summed E-state index contributed by atoms with van der Waals surface area (Å²) < 4.78 is 33.9. The third kappa shape index (κ3) is 4.61. The number of hydrogen-bond donors (Lipinski definition) is 2. The first-order valence-corrected chi connectivity index (χ1v) is 10.3. The normalized spacial score (nSPS) is 11.3. The van der Waals surface area contributed by atoms with Crippen molar-refractivity contribution in [3.05, 3.63) is 66.2 Å². The van der Waals surface area contributed by atoms with E-state index in [-0.39, 0.29) is 17.9 Å². The van der Waals surface area contributed by atoms with Crippen molar-refractivity contribution in [2.24, 2.45) is 0 Å². The molecule has 146 valence electrons. The minimum Gasteiger partial charge on any atom is -0.493 e. The zero-order valence-corrected chi connectivity index (χ0v) is 16.2. The Morgan fingerprint density at radius 1 is 1.07 bits per heavy atom. The fourth-order valence-electron chi connectivity index (χ4n) is 2.87. The average molecular weight is 399 g/mol. The molecule has 0 radical (unpaired) electrons. The maximum Gasteiger partial charge on any atom is 0.303 e. The van der Waals surface area contributed by atoms with Gasteiger partial charge in [-0.15, -0.1) is 0 Å². The third-order valence-electron chi connectivity index (χ3n) is 4.28. The van der Waals surface area contributed by atoms with Crippen LogP contribution in [-0.4, -0.2) is 26.1 Å². The lowest BCUT2D eigenvalue weighted by atomic mass is 10.1. The van der Waals surface area contributed by atoms with Gasteiger partial charge in [-0.2, -0.15) is 0 Å². The smallest absolute Gasteiger partial charge is 0.303 e. The fourth-order valence-corrected chi connectivity index (χ4v) is 4.04. The summed E-state index contributed by atoms with van der Waals surface area (Å²) in [4.78, 5) is 10.7. The van der Waals surface area contributed by atoms with E-state index in [1.807, 2.05) is 30.3 Å². The van der Waals surface area contributed by atoms with Gasteiger partial charge in [0, 0.05) is 11.8 Å². The summed E-state index contributed by atoms with van der Waals surface area (Å²) in [5, 5.41) is 10.4. The van der Waals surface area contributed by atoms with E-state index in [9.17, 15) is 13.2 Å². The van der Waals surface area contributed by atoms with Crippen molar-refractivity contribution in [3.8, 4) is 5.75 Å². The van der Waals surface area contributed by atoms with Crippen molar-refractivity contribution in [1.82, 2.24) is 0 Å². The SMILES string of the molecule is Cc1cc(S(=O)(=O)Nc2cccc3ccccc23)ccc1OCCCC(=O)O. The number of benzene rings is 3. The Kier molecular flexibility index (Phi) is 5.84. The van der Waals surface area contributed by atoms with Crippen LogP contribution in [-0.2, 0) is 14.8 Å². The molecule has 0 bridgehead atoms. The van der Waals surface area contributed by atoms with E-state index in [2.05, 4.69) is 4.72 Å². The molecule has 3 aromatic carbocycles. The molecule has 0 heterocycles. The van der Waals surface area contributed by atoms with Gasteiger partial charge in [0.05, 0.1) is 17.2 Å². The molecule has 7 heteroatoms. The van der Waals surface area contributed by atoms with Crippen LogP contribution >= 0.6 is 0 Å². The summed E-state index contributed by atoms with van der Waals surface area (Å²) in [6, 6.07) is 17.6. The van der Waals surface area contributed by atoms with Crippen LogP contribution in [0.2, 0.25) is 0 Å². The van der Waals surface area contributed by atoms with Gasteiger partial charge in [-0.05, 0) is 48.6 Å². The molecule has 0 saturated carbocycles. The summed E-state index contributed by atoms with van der Waals surface area (Å²) in [5.41, 5.74) is 1.18. The minimum atomic E-state index is -3.76. The van der Waals surface area contributed by atoms with Crippen molar-refractivity contribution in [2.75, 3.05) is 11.3 Å². The number of rotatable bonds is 8. The molecule has 0 atom stereocenters. The van der Waals surface area contributed by atoms with Crippen LogP contribution in [0, 0.1) is 6.92 Å². The maximum absolute atomic E-state index is 12.8. The molecular weight excluding hydrogens is 378 g/mol. The number of ether oxygens (including phenoxy) is 1. The van der Waals surface area contributed by atoms with Gasteiger partial charge < -0.3 is 9.84 Å². The Balaban J connectivity index is 1.78. The van der Waals surface area contributed by atoms with Crippen molar-refractivity contribution in [1.29, 1.82) is 0 Å². The molecule has 0 aliphatic heterocycles. The Morgan fingerprint density at radius 3 is 2.57 bits per heavy atom. The van der Waals surface area contributed by atoms with Gasteiger partial charge in [-0.25, -0.2) is 8.42 Å². The molecule has 3 aromatic rings. The second-order valence-corrected chi connectivity index (χ2v) is 8.09. The van der Waals surface area contributed by atoms with Crippen molar-refractivity contribution in [2.45, 2.75) is 24.7 Å². The highest BCUT2D eigenvalue weighted by Gasteiger charge is 2.17. The monoisotopic (exact) mass is 399 g/mol. The molecule has 2 N–H and O–H groups in total. The largest absolute Gasteiger partial charge is 0.493 e. The number of hydrogen-bond acceptors (Lipinski definition) is 4. The maximum atomic E-state index is 12.8. The molecule has 0 amide bonds. The molecule has 0 aliphatic rings. The van der Waals surface area contributed by atoms with E-state index in [0.717, 1.165) is 10.8 Å². The average Bonchev–Trinajstić information content (AvgIpc) is 2.66. The van der Waals surface area contributed by atoms with Gasteiger partial charge >= 0.3 is 5.97 Å². The standard InChI is InChI=1S/C21H21NO5S/c1-15-14-17(11-12-20(15)27-13-5-10-21(23)24)28(25,26)22-19-9-4-7-16-6-2-3-8-18(16)19/h2-4,6-9,11-12,14,22H,5,10,13H2,1H3,(H,23,24). The van der Waals surface area contributed by atoms with Gasteiger partial charge in [0.1, 0.15) is 5.75 Å². The number of aliphatic carboxylic acids is 1. The summed E-state index contributed by atoms with van der Waals surface area (Å²) in [5.74, 6) is -0.337. The number of fused-ring (bicyclic) bond motifs is 1. The van der Waals surface area contributed by atoms with E-state index in [1.165, 1.54) is 6.07 Å². The molecule has 0 unspecified atom stereocenters. The molecule has 0 aromatic heterocycles. The number of anilines is 1. The molecule has 3 rings (SSSR count). The van der Waals surface area contributed by atoms with E-state index in [1.54, 1.807) is 31.2 Å². The minimum absolute atomic E-state index is 0.0282. The second kappa shape index (κ2) is 8.31. The highest BCUT2D eigenvalue weighted by molar-refractivity contribution is 7.92. The predicted molar refractivity (Wildman–Crippen MR) is 108 cm³/mol. The van der Waals surface area contributed by atoms with E-state index < -0.39 is 16.0 Å². The highest BCUT2D eigenvalue weighted by atomic mass is 32.2. The van der Waals surface area contributed by atoms with Crippen molar-refractivity contribution >= 4 is 32.5 Å². The van der Waals surface area contributed by atoms with E-state index in [0.29, 0.717) is 23.4 Å². The summed E-state index contributed by atoms with van der Waals surface area (Å²) in [7, 11) is -3.76. The van der Waals surface area contributed by atoms with Crippen LogP contribution in [0.25, 0.3) is 10.8 Å². The van der Waals surface area contributed by atoms with Gasteiger partial charge in [0.25, 0.3) is 10.0 Å². The first kappa shape index (κ1) is 19.7. The van der Waals surface area contributed by atoms with Crippen LogP contribution in [0.3, 0.4) is 0 Å². The second-order valence-electron chi connectivity index (χ2n) is 6.41. The summed E-state index contributed by atoms with van der Waals surface area (Å²) >= 11 is 0. The summed E-state index contributed by atoms with van der Waals surface area (Å²) in [6.45, 7) is 2.01. The molecule has 28 heavy (non-hydrogen) atoms. The Hall–Kier alpha value is -3.06. The molecule has 6 nitrogen and oxygen atoms in total. The zero-order chi connectivity index (χ0) is 20.1. The lowest BCUT2D eigenvalue weighted by Gasteiger charge is -2.13. The van der Waals surface area contributed by atoms with E-state index >= 15 is 0 Å². The number of carboxylic acid groups (broad SMARTS) is 1. The molecule has 0 spiro atoms. The third-order valence-corrected chi connectivity index (χ3v) is 5.65. The number of aryl methyl sites for hydroxylation is 1. The predicted octanol–water partition coefficient (Wildman–Crippen LogP) is 4.19. The van der Waals surface area contributed by atoms with Crippen LogP contribution in [0.4, 0.5) is 5.69 Å². The van der Waals surface area contributed by atoms with Crippen LogP contribution in [0.5, 0.6) is 5.75 Å². The lowest BCUT2D eigenvalue weighted by Crippen LogP contribution is -2.13. The van der Waals surface area contributed by atoms with Gasteiger partial charge in [-0.3, -0.25) is 9.52 Å². The number of nitrogens with one attached hydrogen (secondary N) is 1. The van der Waals surface area contributed by atoms with Crippen molar-refractivity contribution < 1.29 is 23.1 Å². The van der Waals surface area contributed by atoms with Crippen LogP contribution in [0.1, 0.15) is 18.4 Å². The fraction of sp³-hybridized carbons (Fsp3) is 0.190. The first-order chi connectivity index (χ1) is 13.4. The Morgan fingerprint density at radius 2 is 1.82 bits per heavy atom. The van der Waals surface area contributed by atoms with Crippen molar-refractivity contribution in [3.63, 3.8) is 0 Å². The summed E-state index contributed by atoms with van der Waals surface area (Å²) in [6.07, 6.45) is 0.415. The lowest BCUT2D eigenvalue weighted by molar-refractivity contribution is -0.137. The molecule has 0 saturated heterocycles. The number of carbonyl (C=O) groups is 1. The van der Waals surface area contributed by atoms with E-state index in [4.69, 9.17) is 9.84 Å². The Bertz CT molecular complexity index is 1100. The molecule has 0 fully saturated rings. The van der Waals surface area contributed by atoms with Gasteiger partial charge in [0.15, 0.2) is 0 Å². The quantitative estimate of drug-likeness (QED) is 0.554. The highest BCUT2D eigenvalue weighted by Crippen LogP contribution is 2.27. The van der Waals surface area contributed by atoms with Crippen LogP contribution < -0.4 is 9.46 Å². The zero-order valence-electron chi connectivity index (χ0n) is 15.4. The Labute approximate surface area is 163 Å². The first-order valence-electron chi connectivity index (χ1n) is 8.83.